The lowest BCUT2D eigenvalue weighted by atomic mass is 10.1. The average Bonchev–Trinajstić information content (AvgIpc) is 3.00. The van der Waals surface area contributed by atoms with Crippen LogP contribution in [0.2, 0.25) is 0 Å². The van der Waals surface area contributed by atoms with Crippen molar-refractivity contribution in [3.63, 3.8) is 0 Å². The van der Waals surface area contributed by atoms with Gasteiger partial charge in [0, 0.05) is 30.5 Å². The topological polar surface area (TPSA) is 127 Å². The summed E-state index contributed by atoms with van der Waals surface area (Å²) in [4.78, 5) is 11.6. The minimum absolute atomic E-state index is 0.0532. The molecule has 0 radical (unpaired) electrons. The van der Waals surface area contributed by atoms with E-state index in [0.29, 0.717) is 28.7 Å². The van der Waals surface area contributed by atoms with Gasteiger partial charge in [0.25, 0.3) is 5.69 Å². The van der Waals surface area contributed by atoms with E-state index in [0.717, 1.165) is 5.56 Å². The maximum Gasteiger partial charge on any atom is 0.271 e. The average molecular weight is 359 g/mol. The number of nitro benzene ring substituents is 1. The summed E-state index contributed by atoms with van der Waals surface area (Å²) in [6.45, 7) is -0.0532. The third-order valence-corrected chi connectivity index (χ3v) is 3.73. The summed E-state index contributed by atoms with van der Waals surface area (Å²) in [5, 5.41) is 39.0. The molecule has 0 saturated heterocycles. The van der Waals surface area contributed by atoms with E-state index in [1.54, 1.807) is 12.1 Å². The number of aromatic nitrogens is 3. The zero-order chi connectivity index (χ0) is 18.0. The Morgan fingerprint density at radius 2 is 2.04 bits per heavy atom. The van der Waals surface area contributed by atoms with Gasteiger partial charge < -0.3 is 10.2 Å². The smallest absolute Gasteiger partial charge is 0.271 e. The van der Waals surface area contributed by atoms with Crippen LogP contribution < -0.4 is 0 Å². The van der Waals surface area contributed by atoms with Crippen LogP contribution in [0, 0.1) is 10.1 Å². The number of hydrogen-bond acceptors (Lipinski definition) is 7. The van der Waals surface area contributed by atoms with Gasteiger partial charge in [0.2, 0.25) is 0 Å². The summed E-state index contributed by atoms with van der Waals surface area (Å²) >= 11 is 0. The number of benzene rings is 2. The van der Waals surface area contributed by atoms with Crippen molar-refractivity contribution in [2.45, 2.75) is 6.42 Å². The van der Waals surface area contributed by atoms with Crippen molar-refractivity contribution in [3.8, 4) is 11.4 Å². The predicted molar refractivity (Wildman–Crippen MR) is 95.3 cm³/mol. The summed E-state index contributed by atoms with van der Waals surface area (Å²) in [5.74, 6) is -0.0808. The van der Waals surface area contributed by atoms with Crippen molar-refractivity contribution in [3.05, 3.63) is 51.6 Å². The minimum atomic E-state index is -0.509. The van der Waals surface area contributed by atoms with Gasteiger partial charge in [0.1, 0.15) is 16.7 Å². The zero-order valence-electron chi connectivity index (χ0n) is 12.9. The molecule has 2 aromatic carbocycles. The molecular formula is C15H14N5O4P. The number of non-ortho nitro benzene ring substituents is 1. The number of aromatic hydroxyl groups is 1. The Labute approximate surface area is 144 Å². The molecule has 0 saturated carbocycles. The van der Waals surface area contributed by atoms with Crippen LogP contribution in [0.25, 0.3) is 16.7 Å². The molecule has 1 unspecified atom stereocenters. The third-order valence-electron chi connectivity index (χ3n) is 3.58. The number of rotatable bonds is 5. The maximum absolute atomic E-state index is 10.9. The van der Waals surface area contributed by atoms with Crippen LogP contribution in [0.4, 0.5) is 5.69 Å². The van der Waals surface area contributed by atoms with Crippen LogP contribution in [0.3, 0.4) is 0 Å². The van der Waals surface area contributed by atoms with Crippen molar-refractivity contribution in [2.75, 3.05) is 6.61 Å². The Morgan fingerprint density at radius 1 is 1.28 bits per heavy atom. The molecule has 10 heteroatoms. The van der Waals surface area contributed by atoms with Crippen LogP contribution in [-0.4, -0.2) is 43.0 Å². The van der Waals surface area contributed by atoms with Crippen LogP contribution in [-0.2, 0) is 6.42 Å². The quantitative estimate of drug-likeness (QED) is 0.309. The maximum atomic E-state index is 10.9. The molecule has 0 fully saturated rings. The molecule has 1 aromatic heterocycles. The van der Waals surface area contributed by atoms with Gasteiger partial charge in [-0.05, 0) is 39.6 Å². The van der Waals surface area contributed by atoms with Crippen molar-refractivity contribution >= 4 is 32.3 Å². The first-order valence-corrected chi connectivity index (χ1v) is 7.77. The number of aliphatic hydroxyl groups excluding tert-OH is 1. The SMILES string of the molecule is O=[N+]([O-])c1ccc2nn(-c3cc(CCO)cc(C=NP)c3O)nc2c1. The lowest BCUT2D eigenvalue weighted by Crippen LogP contribution is -2.03. The lowest BCUT2D eigenvalue weighted by Gasteiger charge is -2.09. The second-order valence-electron chi connectivity index (χ2n) is 5.22. The number of phenolic OH excluding ortho intramolecular Hbond substituents is 1. The van der Waals surface area contributed by atoms with E-state index in [9.17, 15) is 15.2 Å². The molecule has 1 heterocycles. The first-order chi connectivity index (χ1) is 12.0. The second-order valence-corrected chi connectivity index (χ2v) is 5.52. The largest absolute Gasteiger partial charge is 0.505 e. The molecule has 25 heavy (non-hydrogen) atoms. The fourth-order valence-electron chi connectivity index (χ4n) is 2.43. The van der Waals surface area contributed by atoms with E-state index < -0.39 is 4.92 Å². The number of nitro groups is 1. The van der Waals surface area contributed by atoms with Crippen LogP contribution in [0.1, 0.15) is 11.1 Å². The van der Waals surface area contributed by atoms with E-state index in [2.05, 4.69) is 24.4 Å². The molecule has 0 amide bonds. The molecule has 3 aromatic rings. The summed E-state index contributed by atoms with van der Waals surface area (Å²) in [6, 6.07) is 7.51. The highest BCUT2D eigenvalue weighted by Crippen LogP contribution is 2.28. The van der Waals surface area contributed by atoms with Crippen molar-refractivity contribution < 1.29 is 15.1 Å². The number of hydrogen-bond donors (Lipinski definition) is 2. The first-order valence-electron chi connectivity index (χ1n) is 7.25. The molecule has 9 nitrogen and oxygen atoms in total. The van der Waals surface area contributed by atoms with Crippen LogP contribution in [0.15, 0.2) is 35.1 Å². The number of aliphatic hydroxyl groups is 1. The summed E-state index contributed by atoms with van der Waals surface area (Å²) < 4.78 is 3.82. The van der Waals surface area contributed by atoms with Gasteiger partial charge in [-0.15, -0.1) is 15.0 Å². The molecule has 3 rings (SSSR count). The Morgan fingerprint density at radius 3 is 2.72 bits per heavy atom. The highest BCUT2D eigenvalue weighted by Gasteiger charge is 2.15. The van der Waals surface area contributed by atoms with Crippen molar-refractivity contribution in [2.24, 2.45) is 4.76 Å². The number of fused-ring (bicyclic) bond motifs is 1. The Kier molecular flexibility index (Phi) is 4.69. The van der Waals surface area contributed by atoms with E-state index in [4.69, 9.17) is 5.11 Å². The number of phenols is 1. The molecule has 0 bridgehead atoms. The van der Waals surface area contributed by atoms with E-state index >= 15 is 0 Å². The highest BCUT2D eigenvalue weighted by molar-refractivity contribution is 7.15. The lowest BCUT2D eigenvalue weighted by molar-refractivity contribution is -0.384. The van der Waals surface area contributed by atoms with E-state index in [1.165, 1.54) is 29.2 Å². The second kappa shape index (κ2) is 6.92. The van der Waals surface area contributed by atoms with Gasteiger partial charge in [-0.3, -0.25) is 14.9 Å². The molecule has 0 aliphatic carbocycles. The fraction of sp³-hybridized carbons (Fsp3) is 0.133. The monoisotopic (exact) mass is 359 g/mol. The standard InChI is InChI=1S/C15H14N5O4P/c21-4-3-9-5-10(8-16-25)15(22)14(6-9)19-17-12-2-1-11(20(23)24)7-13(12)18-19/h1-2,5-8,21-22H,3-4,25H2. The number of nitrogens with zero attached hydrogens (tertiary/aromatic N) is 5. The van der Waals surface area contributed by atoms with Gasteiger partial charge in [0.15, 0.2) is 5.75 Å². The fourth-order valence-corrected chi connectivity index (χ4v) is 2.59. The van der Waals surface area contributed by atoms with Gasteiger partial charge in [0.05, 0.1) is 4.92 Å². The summed E-state index contributed by atoms with van der Waals surface area (Å²) in [5.41, 5.74) is 2.21. The molecular weight excluding hydrogens is 345 g/mol. The van der Waals surface area contributed by atoms with Crippen LogP contribution in [0.5, 0.6) is 5.75 Å². The molecule has 0 aliphatic heterocycles. The van der Waals surface area contributed by atoms with Crippen LogP contribution >= 0.6 is 9.39 Å². The molecule has 0 spiro atoms. The van der Waals surface area contributed by atoms with Gasteiger partial charge >= 0.3 is 0 Å². The minimum Gasteiger partial charge on any atom is -0.505 e. The van der Waals surface area contributed by atoms with E-state index in [-0.39, 0.29) is 18.0 Å². The van der Waals surface area contributed by atoms with E-state index in [1.807, 2.05) is 0 Å². The first kappa shape index (κ1) is 16.9. The van der Waals surface area contributed by atoms with Gasteiger partial charge in [-0.25, -0.2) is 0 Å². The summed E-state index contributed by atoms with van der Waals surface area (Å²) in [7, 11) is 2.18. The molecule has 0 aliphatic rings. The van der Waals surface area contributed by atoms with Gasteiger partial charge in [-0.2, -0.15) is 0 Å². The Bertz CT molecular complexity index is 985. The Balaban J connectivity index is 2.17. The van der Waals surface area contributed by atoms with Crippen molar-refractivity contribution in [1.82, 2.24) is 15.0 Å². The third kappa shape index (κ3) is 3.33. The van der Waals surface area contributed by atoms with Gasteiger partial charge in [-0.1, -0.05) is 0 Å². The Hall–Kier alpha value is -2.90. The highest BCUT2D eigenvalue weighted by atomic mass is 31.0. The predicted octanol–water partition coefficient (Wildman–Crippen LogP) is 1.78. The summed E-state index contributed by atoms with van der Waals surface area (Å²) in [6.07, 6.45) is 1.84. The zero-order valence-corrected chi connectivity index (χ0v) is 14.1. The molecule has 1 atom stereocenters. The molecule has 2 N–H and O–H groups in total. The molecule has 128 valence electrons. The van der Waals surface area contributed by atoms with Crippen molar-refractivity contribution in [1.29, 1.82) is 0 Å². The normalized spacial score (nSPS) is 11.4.